The van der Waals surface area contributed by atoms with Crippen LogP contribution in [0, 0.1) is 5.92 Å². The topological polar surface area (TPSA) is 41.5 Å². The van der Waals surface area contributed by atoms with E-state index in [1.165, 1.54) is 32.1 Å². The van der Waals surface area contributed by atoms with E-state index in [2.05, 4.69) is 12.2 Å². The molecular formula is C16H25NO2. The van der Waals surface area contributed by atoms with E-state index in [0.717, 1.165) is 17.2 Å². The standard InChI is InChI=1S/C16H25NO2/c1-3-12-5-4-6-14(9-12)17-11-13-10-15(19-2)7-8-16(13)18/h7-8,10,12,14,17-18H,3-6,9,11H2,1-2H3. The first kappa shape index (κ1) is 14.2. The summed E-state index contributed by atoms with van der Waals surface area (Å²) in [5.41, 5.74) is 0.915. The first-order chi connectivity index (χ1) is 9.22. The minimum Gasteiger partial charge on any atom is -0.508 e. The first-order valence-electron chi connectivity index (χ1n) is 7.32. The Morgan fingerprint density at radius 2 is 2.21 bits per heavy atom. The van der Waals surface area contributed by atoms with Crippen molar-refractivity contribution in [2.24, 2.45) is 5.92 Å². The number of ether oxygens (including phenoxy) is 1. The third-order valence-electron chi connectivity index (χ3n) is 4.23. The highest BCUT2D eigenvalue weighted by molar-refractivity contribution is 5.39. The number of methoxy groups -OCH3 is 1. The summed E-state index contributed by atoms with van der Waals surface area (Å²) in [6.07, 6.45) is 6.49. The third-order valence-corrected chi connectivity index (χ3v) is 4.23. The Kier molecular flexibility index (Phi) is 5.08. The van der Waals surface area contributed by atoms with Crippen LogP contribution in [0.1, 0.15) is 44.6 Å². The maximum Gasteiger partial charge on any atom is 0.120 e. The summed E-state index contributed by atoms with van der Waals surface area (Å²) < 4.78 is 5.20. The molecule has 1 aromatic rings. The molecule has 3 heteroatoms. The van der Waals surface area contributed by atoms with E-state index in [9.17, 15) is 5.11 Å². The predicted molar refractivity (Wildman–Crippen MR) is 77.5 cm³/mol. The van der Waals surface area contributed by atoms with E-state index in [1.807, 2.05) is 6.07 Å². The third kappa shape index (κ3) is 3.87. The van der Waals surface area contributed by atoms with E-state index in [-0.39, 0.29) is 0 Å². The predicted octanol–water partition coefficient (Wildman–Crippen LogP) is 3.46. The number of phenolic OH excluding ortho intramolecular Hbond substituents is 1. The molecule has 2 unspecified atom stereocenters. The van der Waals surface area contributed by atoms with Gasteiger partial charge in [-0.1, -0.05) is 26.2 Å². The Morgan fingerprint density at radius 1 is 1.37 bits per heavy atom. The average molecular weight is 263 g/mol. The molecule has 3 nitrogen and oxygen atoms in total. The Hall–Kier alpha value is -1.22. The second kappa shape index (κ2) is 6.80. The van der Waals surface area contributed by atoms with Gasteiger partial charge in [-0.05, 0) is 37.0 Å². The zero-order valence-electron chi connectivity index (χ0n) is 12.0. The highest BCUT2D eigenvalue weighted by Gasteiger charge is 2.20. The molecule has 0 bridgehead atoms. The number of nitrogens with one attached hydrogen (secondary N) is 1. The normalized spacial score (nSPS) is 23.3. The Morgan fingerprint density at radius 3 is 2.95 bits per heavy atom. The quantitative estimate of drug-likeness (QED) is 0.855. The molecule has 0 amide bonds. The molecular weight excluding hydrogens is 238 g/mol. The Bertz CT molecular complexity index is 406. The first-order valence-corrected chi connectivity index (χ1v) is 7.32. The SMILES string of the molecule is CCC1CCCC(NCc2cc(OC)ccc2O)C1. The van der Waals surface area contributed by atoms with Crippen LogP contribution >= 0.6 is 0 Å². The highest BCUT2D eigenvalue weighted by atomic mass is 16.5. The summed E-state index contributed by atoms with van der Waals surface area (Å²) >= 11 is 0. The molecule has 19 heavy (non-hydrogen) atoms. The van der Waals surface area contributed by atoms with Crippen LogP contribution in [0.4, 0.5) is 0 Å². The Balaban J connectivity index is 1.91. The smallest absolute Gasteiger partial charge is 0.120 e. The number of phenols is 1. The molecule has 2 atom stereocenters. The number of rotatable bonds is 5. The maximum absolute atomic E-state index is 9.86. The maximum atomic E-state index is 9.86. The molecule has 2 N–H and O–H groups in total. The van der Waals surface area contributed by atoms with Gasteiger partial charge in [0.25, 0.3) is 0 Å². The summed E-state index contributed by atoms with van der Waals surface area (Å²) in [5.74, 6) is 2.01. The van der Waals surface area contributed by atoms with E-state index >= 15 is 0 Å². The molecule has 0 spiro atoms. The van der Waals surface area contributed by atoms with Crippen molar-refractivity contribution in [3.8, 4) is 11.5 Å². The zero-order chi connectivity index (χ0) is 13.7. The molecule has 0 aromatic heterocycles. The second-order valence-electron chi connectivity index (χ2n) is 5.51. The molecule has 2 rings (SSSR count). The fraction of sp³-hybridized carbons (Fsp3) is 0.625. The van der Waals surface area contributed by atoms with Crippen LogP contribution < -0.4 is 10.1 Å². The molecule has 1 fully saturated rings. The van der Waals surface area contributed by atoms with Gasteiger partial charge >= 0.3 is 0 Å². The van der Waals surface area contributed by atoms with Crippen molar-refractivity contribution >= 4 is 0 Å². The van der Waals surface area contributed by atoms with Crippen LogP contribution in [-0.4, -0.2) is 18.3 Å². The summed E-state index contributed by atoms with van der Waals surface area (Å²) in [6, 6.07) is 5.98. The van der Waals surface area contributed by atoms with E-state index < -0.39 is 0 Å². The molecule has 0 aliphatic heterocycles. The van der Waals surface area contributed by atoms with Gasteiger partial charge in [0.2, 0.25) is 0 Å². The van der Waals surface area contributed by atoms with Crippen molar-refractivity contribution in [3.63, 3.8) is 0 Å². The molecule has 1 aromatic carbocycles. The average Bonchev–Trinajstić information content (AvgIpc) is 2.46. The van der Waals surface area contributed by atoms with Crippen LogP contribution in [0.2, 0.25) is 0 Å². The van der Waals surface area contributed by atoms with Crippen molar-refractivity contribution in [3.05, 3.63) is 23.8 Å². The van der Waals surface area contributed by atoms with Crippen LogP contribution in [0.15, 0.2) is 18.2 Å². The molecule has 0 heterocycles. The molecule has 1 aliphatic rings. The number of hydrogen-bond acceptors (Lipinski definition) is 3. The van der Waals surface area contributed by atoms with Gasteiger partial charge in [-0.2, -0.15) is 0 Å². The second-order valence-corrected chi connectivity index (χ2v) is 5.51. The van der Waals surface area contributed by atoms with Gasteiger partial charge in [-0.3, -0.25) is 0 Å². The van der Waals surface area contributed by atoms with Gasteiger partial charge in [0, 0.05) is 18.2 Å². The monoisotopic (exact) mass is 263 g/mol. The lowest BCUT2D eigenvalue weighted by Gasteiger charge is -2.29. The van der Waals surface area contributed by atoms with Crippen LogP contribution in [-0.2, 0) is 6.54 Å². The largest absolute Gasteiger partial charge is 0.508 e. The lowest BCUT2D eigenvalue weighted by atomic mass is 9.84. The minimum absolute atomic E-state index is 0.344. The van der Waals surface area contributed by atoms with Crippen molar-refractivity contribution in [1.82, 2.24) is 5.32 Å². The van der Waals surface area contributed by atoms with Gasteiger partial charge in [-0.15, -0.1) is 0 Å². The number of aromatic hydroxyl groups is 1. The van der Waals surface area contributed by atoms with E-state index in [4.69, 9.17) is 4.74 Å². The minimum atomic E-state index is 0.344. The van der Waals surface area contributed by atoms with Crippen molar-refractivity contribution in [2.75, 3.05) is 7.11 Å². The van der Waals surface area contributed by atoms with Crippen LogP contribution in [0.3, 0.4) is 0 Å². The lowest BCUT2D eigenvalue weighted by Crippen LogP contribution is -2.33. The van der Waals surface area contributed by atoms with Crippen molar-refractivity contribution in [1.29, 1.82) is 0 Å². The summed E-state index contributed by atoms with van der Waals surface area (Å²) in [5, 5.41) is 13.4. The molecule has 0 radical (unpaired) electrons. The van der Waals surface area contributed by atoms with Gasteiger partial charge < -0.3 is 15.2 Å². The van der Waals surface area contributed by atoms with Crippen LogP contribution in [0.25, 0.3) is 0 Å². The van der Waals surface area contributed by atoms with Gasteiger partial charge in [0.05, 0.1) is 7.11 Å². The van der Waals surface area contributed by atoms with Crippen LogP contribution in [0.5, 0.6) is 11.5 Å². The van der Waals surface area contributed by atoms with Crippen molar-refractivity contribution in [2.45, 2.75) is 51.6 Å². The zero-order valence-corrected chi connectivity index (χ0v) is 12.0. The van der Waals surface area contributed by atoms with Crippen molar-refractivity contribution < 1.29 is 9.84 Å². The van der Waals surface area contributed by atoms with E-state index in [0.29, 0.717) is 18.3 Å². The molecule has 106 valence electrons. The summed E-state index contributed by atoms with van der Waals surface area (Å²) in [4.78, 5) is 0. The summed E-state index contributed by atoms with van der Waals surface area (Å²) in [7, 11) is 1.65. The summed E-state index contributed by atoms with van der Waals surface area (Å²) in [6.45, 7) is 2.99. The molecule has 0 saturated heterocycles. The Labute approximate surface area is 116 Å². The fourth-order valence-corrected chi connectivity index (χ4v) is 2.93. The van der Waals surface area contributed by atoms with Gasteiger partial charge in [-0.25, -0.2) is 0 Å². The lowest BCUT2D eigenvalue weighted by molar-refractivity contribution is 0.277. The van der Waals surface area contributed by atoms with Gasteiger partial charge in [0.15, 0.2) is 0 Å². The number of hydrogen-bond donors (Lipinski definition) is 2. The highest BCUT2D eigenvalue weighted by Crippen LogP contribution is 2.28. The molecule has 1 saturated carbocycles. The van der Waals surface area contributed by atoms with Gasteiger partial charge in [0.1, 0.15) is 11.5 Å². The fourth-order valence-electron chi connectivity index (χ4n) is 2.93. The van der Waals surface area contributed by atoms with E-state index in [1.54, 1.807) is 19.2 Å². The number of benzene rings is 1. The molecule has 1 aliphatic carbocycles.